The molecule has 0 aromatic heterocycles. The highest BCUT2D eigenvalue weighted by molar-refractivity contribution is 5.76. The lowest BCUT2D eigenvalue weighted by molar-refractivity contribution is -0.359. The molecule has 0 aromatic carbocycles. The van der Waals surface area contributed by atoms with Gasteiger partial charge in [0.15, 0.2) is 12.6 Å². The number of ether oxygens (including phenoxy) is 4. The number of allylic oxidation sites excluding steroid dienone is 15. The summed E-state index contributed by atoms with van der Waals surface area (Å²) in [5.74, 6) is -0.262. The highest BCUT2D eigenvalue weighted by Gasteiger charge is 2.51. The Labute approximate surface area is 477 Å². The van der Waals surface area contributed by atoms with E-state index >= 15 is 0 Å². The van der Waals surface area contributed by atoms with Crippen LogP contribution in [-0.4, -0.2) is 140 Å². The van der Waals surface area contributed by atoms with E-state index in [9.17, 15) is 45.6 Å². The van der Waals surface area contributed by atoms with Gasteiger partial charge in [0, 0.05) is 6.42 Å². The van der Waals surface area contributed by atoms with Crippen LogP contribution in [0.2, 0.25) is 0 Å². The maximum absolute atomic E-state index is 13.3. The van der Waals surface area contributed by atoms with Gasteiger partial charge in [0.25, 0.3) is 0 Å². The Hall–Kier alpha value is -3.09. The van der Waals surface area contributed by atoms with Crippen LogP contribution in [0.25, 0.3) is 0 Å². The quantitative estimate of drug-likeness (QED) is 0.0204. The number of aliphatic hydroxyl groups is 8. The molecule has 454 valence electrons. The van der Waals surface area contributed by atoms with Gasteiger partial charge in [0.1, 0.15) is 48.8 Å². The predicted molar refractivity (Wildman–Crippen MR) is 318 cm³/mol. The summed E-state index contributed by atoms with van der Waals surface area (Å²) >= 11 is 0. The van der Waals surface area contributed by atoms with E-state index in [4.69, 9.17) is 18.9 Å². The number of amides is 1. The third-order valence-corrected chi connectivity index (χ3v) is 14.5. The Morgan fingerprint density at radius 1 is 0.468 bits per heavy atom. The van der Waals surface area contributed by atoms with Crippen molar-refractivity contribution in [3.63, 3.8) is 0 Å². The summed E-state index contributed by atoms with van der Waals surface area (Å²) in [6, 6.07) is -0.943. The summed E-state index contributed by atoms with van der Waals surface area (Å²) in [7, 11) is 0. The summed E-state index contributed by atoms with van der Waals surface area (Å²) in [5.41, 5.74) is 0. The molecule has 2 heterocycles. The lowest BCUT2D eigenvalue weighted by Gasteiger charge is -2.46. The Morgan fingerprint density at radius 2 is 0.886 bits per heavy atom. The van der Waals surface area contributed by atoms with E-state index in [0.29, 0.717) is 12.8 Å². The van der Waals surface area contributed by atoms with Crippen molar-refractivity contribution >= 4 is 5.91 Å². The average molecular weight is 1110 g/mol. The van der Waals surface area contributed by atoms with Crippen LogP contribution in [0.1, 0.15) is 213 Å². The maximum atomic E-state index is 13.3. The molecule has 2 rings (SSSR count). The summed E-state index contributed by atoms with van der Waals surface area (Å²) in [4.78, 5) is 13.3. The van der Waals surface area contributed by atoms with Crippen molar-refractivity contribution in [3.8, 4) is 0 Å². The van der Waals surface area contributed by atoms with Gasteiger partial charge in [0.2, 0.25) is 5.91 Å². The first-order valence-corrected chi connectivity index (χ1v) is 31.0. The van der Waals surface area contributed by atoms with Gasteiger partial charge < -0.3 is 65.1 Å². The number of carbonyl (C=O) groups is 1. The predicted octanol–water partition coefficient (Wildman–Crippen LogP) is 11.1. The fraction of sp³-hybridized carbons (Fsp3) is 0.738. The van der Waals surface area contributed by atoms with Crippen LogP contribution in [0.4, 0.5) is 0 Å². The molecule has 0 saturated carbocycles. The zero-order valence-electron chi connectivity index (χ0n) is 48.8. The number of unbranched alkanes of at least 4 members (excludes halogenated alkanes) is 21. The second-order valence-electron chi connectivity index (χ2n) is 21.4. The molecule has 0 aromatic rings. The summed E-state index contributed by atoms with van der Waals surface area (Å²) in [5, 5.41) is 87.1. The van der Waals surface area contributed by atoms with Crippen molar-refractivity contribution in [3.05, 3.63) is 97.2 Å². The highest BCUT2D eigenvalue weighted by atomic mass is 16.7. The SMILES string of the molecule is CC/C=C\C/C=C\C/C=C\C/C=C\C/C=C\C/C=C\CCCCCCCCCCC(=O)NC(COC1OC(CO)C(OC2OC(CO)C(O)C(O)C2O)C(O)C1O)C(O)/C=C/CC/C=C/CCCCCCCCCCCCCC. The van der Waals surface area contributed by atoms with Crippen LogP contribution in [0, 0.1) is 0 Å². The molecule has 9 N–H and O–H groups in total. The average Bonchev–Trinajstić information content (AvgIpc) is 3.46. The number of carbonyl (C=O) groups excluding carboxylic acids is 1. The molecule has 2 aliphatic heterocycles. The van der Waals surface area contributed by atoms with Crippen molar-refractivity contribution in [2.24, 2.45) is 0 Å². The van der Waals surface area contributed by atoms with E-state index in [2.05, 4.69) is 104 Å². The highest BCUT2D eigenvalue weighted by Crippen LogP contribution is 2.30. The zero-order chi connectivity index (χ0) is 57.4. The minimum atomic E-state index is -1.80. The summed E-state index contributed by atoms with van der Waals surface area (Å²) < 4.78 is 22.8. The van der Waals surface area contributed by atoms with Gasteiger partial charge in [0.05, 0.1) is 32.0 Å². The molecular formula is C65H111NO13. The van der Waals surface area contributed by atoms with Gasteiger partial charge in [-0.1, -0.05) is 220 Å². The number of nitrogens with one attached hydrogen (secondary N) is 1. The molecule has 12 atom stereocenters. The van der Waals surface area contributed by atoms with Gasteiger partial charge in [-0.3, -0.25) is 4.79 Å². The van der Waals surface area contributed by atoms with Crippen LogP contribution in [0.3, 0.4) is 0 Å². The molecule has 0 spiro atoms. The Balaban J connectivity index is 1.76. The fourth-order valence-electron chi connectivity index (χ4n) is 9.55. The van der Waals surface area contributed by atoms with Gasteiger partial charge in [-0.25, -0.2) is 0 Å². The Bertz CT molecular complexity index is 1690. The number of hydrogen-bond acceptors (Lipinski definition) is 13. The normalized spacial score (nSPS) is 25.1. The molecule has 79 heavy (non-hydrogen) atoms. The molecular weight excluding hydrogens is 1000 g/mol. The van der Waals surface area contributed by atoms with Crippen LogP contribution < -0.4 is 5.32 Å². The molecule has 0 aliphatic carbocycles. The molecule has 0 radical (unpaired) electrons. The Kier molecular flexibility index (Phi) is 45.1. The molecule has 2 saturated heterocycles. The molecule has 14 nitrogen and oxygen atoms in total. The molecule has 12 unspecified atom stereocenters. The first-order chi connectivity index (χ1) is 38.6. The second kappa shape index (κ2) is 49.5. The zero-order valence-corrected chi connectivity index (χ0v) is 48.8. The van der Waals surface area contributed by atoms with Crippen LogP contribution in [0.15, 0.2) is 97.2 Å². The van der Waals surface area contributed by atoms with Gasteiger partial charge in [-0.2, -0.15) is 0 Å². The van der Waals surface area contributed by atoms with Crippen molar-refractivity contribution in [2.75, 3.05) is 19.8 Å². The number of hydrogen-bond donors (Lipinski definition) is 9. The lowest BCUT2D eigenvalue weighted by Crippen LogP contribution is -2.65. The summed E-state index contributed by atoms with van der Waals surface area (Å²) in [6.45, 7) is 2.65. The van der Waals surface area contributed by atoms with Crippen molar-refractivity contribution < 1.29 is 64.6 Å². The fourth-order valence-corrected chi connectivity index (χ4v) is 9.55. The third-order valence-electron chi connectivity index (χ3n) is 14.5. The first kappa shape index (κ1) is 72.0. The summed E-state index contributed by atoms with van der Waals surface area (Å²) in [6.07, 6.45) is 51.5. The molecule has 1 amide bonds. The van der Waals surface area contributed by atoms with E-state index in [-0.39, 0.29) is 18.9 Å². The molecule has 14 heteroatoms. The van der Waals surface area contributed by atoms with Crippen molar-refractivity contribution in [1.82, 2.24) is 5.32 Å². The standard InChI is InChI=1S/C65H111NO13/c1-3-5-7-9-11-13-15-17-19-21-23-24-25-26-27-28-29-30-31-33-35-37-39-41-43-45-47-49-57(70)66-53(54(69)48-46-44-42-40-38-36-34-32-22-20-18-16-14-12-10-8-6-4-2)52-76-64-62(75)60(73)63(56(51-68)78-64)79-65-61(74)59(72)58(71)55(50-67)77-65/h5,7,11,13,17,19,23-24,26-27,29-30,38,40,46,48,53-56,58-65,67-69,71-75H,3-4,6,8-10,12,14-16,18,20-22,25,28,31-37,39,41-45,47,49-52H2,1-2H3,(H,66,70)/b7-5-,13-11-,19-17-,24-23-,27-26-,30-29-,40-38+,48-46+. The lowest BCUT2D eigenvalue weighted by atomic mass is 9.97. The molecule has 2 aliphatic rings. The number of rotatable bonds is 48. The van der Waals surface area contributed by atoms with Gasteiger partial charge in [-0.15, -0.1) is 0 Å². The molecule has 2 fully saturated rings. The second-order valence-corrected chi connectivity index (χ2v) is 21.4. The van der Waals surface area contributed by atoms with Crippen LogP contribution in [-0.2, 0) is 23.7 Å². The van der Waals surface area contributed by atoms with Crippen LogP contribution in [0.5, 0.6) is 0 Å². The third kappa shape index (κ3) is 34.8. The van der Waals surface area contributed by atoms with Crippen molar-refractivity contribution in [1.29, 1.82) is 0 Å². The minimum absolute atomic E-state index is 0.258. The van der Waals surface area contributed by atoms with E-state index in [0.717, 1.165) is 83.5 Å². The maximum Gasteiger partial charge on any atom is 0.220 e. The van der Waals surface area contributed by atoms with Crippen molar-refractivity contribution in [2.45, 2.75) is 286 Å². The van der Waals surface area contributed by atoms with E-state index in [1.807, 2.05) is 6.08 Å². The van der Waals surface area contributed by atoms with E-state index < -0.39 is 86.8 Å². The first-order valence-electron chi connectivity index (χ1n) is 31.0. The molecule has 0 bridgehead atoms. The van der Waals surface area contributed by atoms with E-state index in [1.54, 1.807) is 6.08 Å². The number of aliphatic hydroxyl groups excluding tert-OH is 8. The monoisotopic (exact) mass is 1110 g/mol. The minimum Gasteiger partial charge on any atom is -0.394 e. The smallest absolute Gasteiger partial charge is 0.220 e. The van der Waals surface area contributed by atoms with Gasteiger partial charge >= 0.3 is 0 Å². The largest absolute Gasteiger partial charge is 0.394 e. The van der Waals surface area contributed by atoms with Gasteiger partial charge in [-0.05, 0) is 83.5 Å². The van der Waals surface area contributed by atoms with Crippen LogP contribution >= 0.6 is 0 Å². The van der Waals surface area contributed by atoms with E-state index in [1.165, 1.54) is 96.3 Å². The topological polar surface area (TPSA) is 228 Å². The Morgan fingerprint density at radius 3 is 1.39 bits per heavy atom.